The van der Waals surface area contributed by atoms with Crippen molar-refractivity contribution in [1.82, 2.24) is 5.32 Å². The number of nitrogens with one attached hydrogen (secondary N) is 1. The first kappa shape index (κ1) is 24.4. The molecule has 0 aromatic carbocycles. The van der Waals surface area contributed by atoms with Crippen molar-refractivity contribution in [3.63, 3.8) is 0 Å². The lowest BCUT2D eigenvalue weighted by Gasteiger charge is -2.34. The van der Waals surface area contributed by atoms with Gasteiger partial charge in [0.15, 0.2) is 6.10 Å². The molecule has 0 spiro atoms. The number of amides is 1. The van der Waals surface area contributed by atoms with E-state index >= 15 is 0 Å². The molecule has 12 nitrogen and oxygen atoms in total. The van der Waals surface area contributed by atoms with Crippen LogP contribution in [0.4, 0.5) is 0 Å². The third-order valence-corrected chi connectivity index (χ3v) is 3.26. The molecule has 0 aliphatic rings. The second-order valence-electron chi connectivity index (χ2n) is 5.66. The fraction of sp³-hybridized carbons (Fsp3) is 0.667. The Balaban J connectivity index is 5.54. The average Bonchev–Trinajstić information content (AvgIpc) is 2.54. The number of aliphatic carboxylic acids is 1. The Morgan fingerprint density at radius 1 is 0.926 bits per heavy atom. The van der Waals surface area contributed by atoms with E-state index in [-0.39, 0.29) is 0 Å². The van der Waals surface area contributed by atoms with Crippen LogP contribution in [-0.4, -0.2) is 87.1 Å². The summed E-state index contributed by atoms with van der Waals surface area (Å²) >= 11 is 0. The summed E-state index contributed by atoms with van der Waals surface area (Å²) in [7, 11) is 0. The van der Waals surface area contributed by atoms with E-state index < -0.39 is 73.1 Å². The minimum atomic E-state index is -1.97. The highest BCUT2D eigenvalue weighted by molar-refractivity contribution is 6.32. The van der Waals surface area contributed by atoms with Gasteiger partial charge in [0.2, 0.25) is 11.7 Å². The van der Waals surface area contributed by atoms with E-state index in [9.17, 15) is 39.3 Å². The van der Waals surface area contributed by atoms with E-state index in [1.807, 2.05) is 0 Å². The Hall–Kier alpha value is -2.57. The zero-order valence-corrected chi connectivity index (χ0v) is 14.9. The minimum absolute atomic E-state index is 0.679. The summed E-state index contributed by atoms with van der Waals surface area (Å²) in [5, 5.41) is 41.2. The summed E-state index contributed by atoms with van der Waals surface area (Å²) in [5.74, 6) is -5.71. The van der Waals surface area contributed by atoms with Gasteiger partial charge < -0.3 is 35.2 Å². The Kier molecular flexibility index (Phi) is 10.1. The molecule has 0 radical (unpaired) electrons. The van der Waals surface area contributed by atoms with Crippen LogP contribution in [0.5, 0.6) is 0 Å². The van der Waals surface area contributed by atoms with Gasteiger partial charge in [-0.05, 0) is 0 Å². The van der Waals surface area contributed by atoms with E-state index in [0.717, 1.165) is 20.8 Å². The number of carboxylic acid groups (broad SMARTS) is 1. The second-order valence-corrected chi connectivity index (χ2v) is 5.66. The van der Waals surface area contributed by atoms with Crippen LogP contribution in [0.25, 0.3) is 0 Å². The first-order chi connectivity index (χ1) is 12.4. The van der Waals surface area contributed by atoms with Crippen molar-refractivity contribution in [1.29, 1.82) is 0 Å². The van der Waals surface area contributed by atoms with Gasteiger partial charge >= 0.3 is 17.9 Å². The van der Waals surface area contributed by atoms with Gasteiger partial charge in [0.25, 0.3) is 0 Å². The first-order valence-corrected chi connectivity index (χ1v) is 7.74. The Morgan fingerprint density at radius 2 is 1.48 bits per heavy atom. The van der Waals surface area contributed by atoms with Crippen LogP contribution in [0.2, 0.25) is 0 Å². The van der Waals surface area contributed by atoms with Gasteiger partial charge in [0.1, 0.15) is 18.8 Å². The van der Waals surface area contributed by atoms with E-state index in [1.165, 1.54) is 0 Å². The summed E-state index contributed by atoms with van der Waals surface area (Å²) in [4.78, 5) is 55.3. The van der Waals surface area contributed by atoms with Crippen LogP contribution in [0, 0.1) is 0 Å². The molecular formula is C15H23NO11. The summed E-state index contributed by atoms with van der Waals surface area (Å²) < 4.78 is 9.34. The number of aliphatic hydroxyl groups is 3. The molecule has 1 amide bonds. The standard InChI is InChI=1S/C15H23NO11/c1-6(17)16-12(9(20)4-10(21)15(24)25)13(23)14(27-8(3)19)11(22)5-26-7(2)18/h9,11-14,20,22-23H,4-5H2,1-3H3,(H,16,17)(H,24,25)/t9-,11+,12+,13+,14+/m0/s1. The number of carboxylic acids is 1. The maximum atomic E-state index is 11.3. The molecule has 0 fully saturated rings. The maximum absolute atomic E-state index is 11.3. The number of ether oxygens (including phenoxy) is 2. The molecule has 0 saturated heterocycles. The van der Waals surface area contributed by atoms with E-state index in [0.29, 0.717) is 0 Å². The summed E-state index contributed by atoms with van der Waals surface area (Å²) in [6, 6.07) is -1.68. The fourth-order valence-corrected chi connectivity index (χ4v) is 2.12. The van der Waals surface area contributed by atoms with E-state index in [2.05, 4.69) is 10.1 Å². The molecule has 154 valence electrons. The van der Waals surface area contributed by atoms with Crippen LogP contribution in [0.3, 0.4) is 0 Å². The van der Waals surface area contributed by atoms with Crippen LogP contribution >= 0.6 is 0 Å². The topological polar surface area (TPSA) is 197 Å². The van der Waals surface area contributed by atoms with Gasteiger partial charge in [-0.2, -0.15) is 0 Å². The third kappa shape index (κ3) is 9.08. The van der Waals surface area contributed by atoms with Crippen molar-refractivity contribution in [2.24, 2.45) is 0 Å². The largest absolute Gasteiger partial charge is 0.475 e. The fourth-order valence-electron chi connectivity index (χ4n) is 2.12. The number of carbonyl (C=O) groups is 5. The highest BCUT2D eigenvalue weighted by Crippen LogP contribution is 2.15. The second kappa shape index (κ2) is 11.2. The molecule has 5 atom stereocenters. The molecule has 0 aromatic rings. The first-order valence-electron chi connectivity index (χ1n) is 7.74. The van der Waals surface area contributed by atoms with Crippen molar-refractivity contribution in [2.75, 3.05) is 6.61 Å². The van der Waals surface area contributed by atoms with E-state index in [1.54, 1.807) is 0 Å². The molecule has 5 N–H and O–H groups in total. The Morgan fingerprint density at radius 3 is 1.89 bits per heavy atom. The molecule has 0 aliphatic heterocycles. The Labute approximate surface area is 154 Å². The normalized spacial score (nSPS) is 16.2. The molecular weight excluding hydrogens is 370 g/mol. The lowest BCUT2D eigenvalue weighted by Crippen LogP contribution is -2.58. The third-order valence-electron chi connectivity index (χ3n) is 3.26. The number of rotatable bonds is 11. The highest BCUT2D eigenvalue weighted by Gasteiger charge is 2.40. The number of esters is 2. The van der Waals surface area contributed by atoms with Crippen molar-refractivity contribution < 1.29 is 53.9 Å². The molecule has 0 aliphatic carbocycles. The molecule has 0 aromatic heterocycles. The molecule has 12 heteroatoms. The van der Waals surface area contributed by atoms with Gasteiger partial charge in [-0.25, -0.2) is 4.79 Å². The number of ketones is 1. The number of hydrogen-bond donors (Lipinski definition) is 5. The highest BCUT2D eigenvalue weighted by atomic mass is 16.6. The number of hydrogen-bond acceptors (Lipinski definition) is 10. The maximum Gasteiger partial charge on any atom is 0.372 e. The smallest absolute Gasteiger partial charge is 0.372 e. The van der Waals surface area contributed by atoms with Crippen LogP contribution in [-0.2, 0) is 33.4 Å². The summed E-state index contributed by atoms with van der Waals surface area (Å²) in [6.07, 6.45) is -8.34. The molecule has 0 heterocycles. The van der Waals surface area contributed by atoms with Crippen LogP contribution in [0.15, 0.2) is 0 Å². The zero-order valence-electron chi connectivity index (χ0n) is 14.9. The van der Waals surface area contributed by atoms with Crippen molar-refractivity contribution >= 4 is 29.6 Å². The van der Waals surface area contributed by atoms with E-state index in [4.69, 9.17) is 9.84 Å². The Bertz CT molecular complexity index is 576. The molecule has 0 unspecified atom stereocenters. The average molecular weight is 393 g/mol. The zero-order chi connectivity index (χ0) is 21.3. The van der Waals surface area contributed by atoms with Gasteiger partial charge in [-0.3, -0.25) is 19.2 Å². The summed E-state index contributed by atoms with van der Waals surface area (Å²) in [6.45, 7) is 2.34. The van der Waals surface area contributed by atoms with Crippen molar-refractivity contribution in [3.05, 3.63) is 0 Å². The molecule has 0 bridgehead atoms. The van der Waals surface area contributed by atoms with Gasteiger partial charge in [-0.1, -0.05) is 0 Å². The number of Topliss-reactive ketones (excluding diaryl/α,β-unsaturated/α-hetero) is 1. The van der Waals surface area contributed by atoms with Crippen molar-refractivity contribution in [2.45, 2.75) is 57.6 Å². The predicted molar refractivity (Wildman–Crippen MR) is 85.1 cm³/mol. The van der Waals surface area contributed by atoms with Gasteiger partial charge in [0.05, 0.1) is 12.1 Å². The lowest BCUT2D eigenvalue weighted by atomic mass is 9.93. The SMILES string of the molecule is CC(=O)N[C@@H]([C@@H](O)[C@H](OC(C)=O)[C@H](O)COC(C)=O)[C@@H](O)CC(=O)C(=O)O. The number of aliphatic hydroxyl groups excluding tert-OH is 3. The monoisotopic (exact) mass is 393 g/mol. The quantitative estimate of drug-likeness (QED) is 0.178. The van der Waals surface area contributed by atoms with Crippen molar-refractivity contribution in [3.8, 4) is 0 Å². The predicted octanol–water partition coefficient (Wildman–Crippen LogP) is -2.89. The summed E-state index contributed by atoms with van der Waals surface area (Å²) in [5.41, 5.74) is 0. The molecule has 27 heavy (non-hydrogen) atoms. The van der Waals surface area contributed by atoms with Gasteiger partial charge in [0, 0.05) is 27.2 Å². The molecule has 0 saturated carbocycles. The molecule has 0 rings (SSSR count). The van der Waals surface area contributed by atoms with Crippen LogP contribution < -0.4 is 5.32 Å². The minimum Gasteiger partial charge on any atom is -0.475 e. The van der Waals surface area contributed by atoms with Crippen LogP contribution in [0.1, 0.15) is 27.2 Å². The lowest BCUT2D eigenvalue weighted by molar-refractivity contribution is -0.173. The van der Waals surface area contributed by atoms with Gasteiger partial charge in [-0.15, -0.1) is 0 Å². The number of carbonyl (C=O) groups excluding carboxylic acids is 4.